The average molecular weight is 498 g/mol. The standard InChI is InChI=1S/C35H63N/c1-34(2,3)29-15-11-24(12-16-29)26-21-27(25-13-17-30(18-14-25)35(4,5)6)23-28(22-26)31-19-20-36-33-10-8-7-9-32(31)33/h24-33,36H,7-23H2,1-6H3. The summed E-state index contributed by atoms with van der Waals surface area (Å²) >= 11 is 0. The van der Waals surface area contributed by atoms with E-state index in [1.165, 1.54) is 64.3 Å². The third kappa shape index (κ3) is 6.23. The molecule has 5 rings (SSSR count). The van der Waals surface area contributed by atoms with E-state index in [1.54, 1.807) is 44.9 Å². The van der Waals surface area contributed by atoms with Crippen LogP contribution in [0.1, 0.15) is 144 Å². The summed E-state index contributed by atoms with van der Waals surface area (Å²) in [5.41, 5.74) is 1.03. The van der Waals surface area contributed by atoms with Gasteiger partial charge in [-0.3, -0.25) is 0 Å². The normalized spacial score (nSPS) is 45.2. The van der Waals surface area contributed by atoms with Crippen molar-refractivity contribution in [2.45, 2.75) is 150 Å². The highest BCUT2D eigenvalue weighted by atomic mass is 14.9. The summed E-state index contributed by atoms with van der Waals surface area (Å²) in [4.78, 5) is 0. The van der Waals surface area contributed by atoms with Crippen LogP contribution >= 0.6 is 0 Å². The molecule has 0 spiro atoms. The van der Waals surface area contributed by atoms with E-state index in [2.05, 4.69) is 46.9 Å². The molecular weight excluding hydrogens is 434 g/mol. The maximum Gasteiger partial charge on any atom is 0.00980 e. The second kappa shape index (κ2) is 11.2. The van der Waals surface area contributed by atoms with Crippen LogP contribution in [-0.4, -0.2) is 12.6 Å². The van der Waals surface area contributed by atoms with Gasteiger partial charge in [-0.15, -0.1) is 0 Å². The molecule has 0 aromatic carbocycles. The summed E-state index contributed by atoms with van der Waals surface area (Å²) in [6, 6.07) is 0.862. The Morgan fingerprint density at radius 1 is 0.444 bits per heavy atom. The van der Waals surface area contributed by atoms with E-state index >= 15 is 0 Å². The summed E-state index contributed by atoms with van der Waals surface area (Å²) < 4.78 is 0. The lowest BCUT2D eigenvalue weighted by Gasteiger charge is -2.51. The minimum Gasteiger partial charge on any atom is -0.314 e. The van der Waals surface area contributed by atoms with Gasteiger partial charge in [-0.1, -0.05) is 54.4 Å². The first kappa shape index (κ1) is 27.5. The van der Waals surface area contributed by atoms with Crippen LogP contribution in [0.5, 0.6) is 0 Å². The van der Waals surface area contributed by atoms with Gasteiger partial charge in [0, 0.05) is 6.04 Å². The Labute approximate surface area is 226 Å². The molecule has 0 bridgehead atoms. The first-order valence-electron chi connectivity index (χ1n) is 16.8. The summed E-state index contributed by atoms with van der Waals surface area (Å²) in [7, 11) is 0. The van der Waals surface area contributed by atoms with Crippen LogP contribution in [0.2, 0.25) is 0 Å². The van der Waals surface area contributed by atoms with Crippen LogP contribution in [0.3, 0.4) is 0 Å². The van der Waals surface area contributed by atoms with Gasteiger partial charge in [-0.05, 0) is 161 Å². The first-order valence-corrected chi connectivity index (χ1v) is 16.8. The SMILES string of the molecule is CC(C)(C)C1CCC(C2CC(C3CCC(C(C)(C)C)CC3)CC(C3CCNC4CCCCC43)C2)CC1. The van der Waals surface area contributed by atoms with Crippen molar-refractivity contribution in [1.82, 2.24) is 5.32 Å². The molecule has 5 unspecified atom stereocenters. The number of rotatable bonds is 3. The van der Waals surface area contributed by atoms with E-state index in [1.807, 2.05) is 0 Å². The number of piperidine rings is 1. The van der Waals surface area contributed by atoms with Gasteiger partial charge in [-0.2, -0.15) is 0 Å². The molecule has 4 aliphatic carbocycles. The molecule has 0 amide bonds. The highest BCUT2D eigenvalue weighted by Crippen LogP contribution is 2.54. The molecule has 5 fully saturated rings. The predicted octanol–water partition coefficient (Wildman–Crippen LogP) is 9.89. The van der Waals surface area contributed by atoms with Crippen LogP contribution in [0.4, 0.5) is 0 Å². The van der Waals surface area contributed by atoms with Gasteiger partial charge in [0.1, 0.15) is 0 Å². The Morgan fingerprint density at radius 3 is 1.42 bits per heavy atom. The third-order valence-electron chi connectivity index (χ3n) is 13.0. The first-order chi connectivity index (χ1) is 17.1. The van der Waals surface area contributed by atoms with Gasteiger partial charge in [0.15, 0.2) is 0 Å². The fourth-order valence-electron chi connectivity index (χ4n) is 10.6. The van der Waals surface area contributed by atoms with Crippen molar-refractivity contribution in [2.75, 3.05) is 6.54 Å². The second-order valence-corrected chi connectivity index (χ2v) is 16.9. The lowest BCUT2D eigenvalue weighted by atomic mass is 9.56. The lowest BCUT2D eigenvalue weighted by molar-refractivity contribution is -0.00115. The summed E-state index contributed by atoms with van der Waals surface area (Å²) in [6.45, 7) is 16.3. The largest absolute Gasteiger partial charge is 0.314 e. The van der Waals surface area contributed by atoms with Crippen molar-refractivity contribution < 1.29 is 0 Å². The van der Waals surface area contributed by atoms with Gasteiger partial charge in [0.25, 0.3) is 0 Å². The monoisotopic (exact) mass is 497 g/mol. The van der Waals surface area contributed by atoms with E-state index in [4.69, 9.17) is 0 Å². The molecule has 0 radical (unpaired) electrons. The molecule has 1 aliphatic heterocycles. The molecule has 1 N–H and O–H groups in total. The van der Waals surface area contributed by atoms with Crippen LogP contribution in [-0.2, 0) is 0 Å². The molecule has 5 atom stereocenters. The molecule has 1 heteroatoms. The summed E-state index contributed by atoms with van der Waals surface area (Å²) in [6.07, 6.45) is 24.5. The fourth-order valence-corrected chi connectivity index (χ4v) is 10.6. The zero-order chi connectivity index (χ0) is 25.5. The van der Waals surface area contributed by atoms with Crippen molar-refractivity contribution in [3.63, 3.8) is 0 Å². The molecule has 1 heterocycles. The van der Waals surface area contributed by atoms with Gasteiger partial charge in [0.2, 0.25) is 0 Å². The Hall–Kier alpha value is -0.0400. The van der Waals surface area contributed by atoms with Gasteiger partial charge < -0.3 is 5.32 Å². The zero-order valence-corrected chi connectivity index (χ0v) is 25.3. The van der Waals surface area contributed by atoms with Crippen LogP contribution < -0.4 is 5.32 Å². The van der Waals surface area contributed by atoms with E-state index in [0.717, 1.165) is 59.3 Å². The number of fused-ring (bicyclic) bond motifs is 1. The summed E-state index contributed by atoms with van der Waals surface area (Å²) in [5, 5.41) is 3.98. The van der Waals surface area contributed by atoms with Crippen LogP contribution in [0.25, 0.3) is 0 Å². The maximum absolute atomic E-state index is 3.98. The lowest BCUT2D eigenvalue weighted by Crippen LogP contribution is -2.50. The Morgan fingerprint density at radius 2 is 0.917 bits per heavy atom. The molecular formula is C35H63N. The Balaban J connectivity index is 1.29. The molecule has 5 aliphatic rings. The van der Waals surface area contributed by atoms with E-state index in [0.29, 0.717) is 10.8 Å². The highest BCUT2D eigenvalue weighted by Gasteiger charge is 2.45. The number of nitrogens with one attached hydrogen (secondary N) is 1. The third-order valence-corrected chi connectivity index (χ3v) is 13.0. The van der Waals surface area contributed by atoms with Gasteiger partial charge in [0.05, 0.1) is 0 Å². The molecule has 1 saturated heterocycles. The smallest absolute Gasteiger partial charge is 0.00980 e. The summed E-state index contributed by atoms with van der Waals surface area (Å²) in [5.74, 6) is 9.20. The molecule has 36 heavy (non-hydrogen) atoms. The maximum atomic E-state index is 3.98. The molecule has 1 nitrogen and oxygen atoms in total. The average Bonchev–Trinajstić information content (AvgIpc) is 2.87. The van der Waals surface area contributed by atoms with Crippen molar-refractivity contribution in [3.05, 3.63) is 0 Å². The quantitative estimate of drug-likeness (QED) is 0.409. The minimum absolute atomic E-state index is 0.513. The molecule has 4 saturated carbocycles. The highest BCUT2D eigenvalue weighted by molar-refractivity contribution is 4.97. The zero-order valence-electron chi connectivity index (χ0n) is 25.3. The van der Waals surface area contributed by atoms with Gasteiger partial charge in [-0.25, -0.2) is 0 Å². The second-order valence-electron chi connectivity index (χ2n) is 16.9. The Bertz CT molecular complexity index is 636. The van der Waals surface area contributed by atoms with Crippen molar-refractivity contribution in [1.29, 1.82) is 0 Å². The Kier molecular flexibility index (Phi) is 8.57. The van der Waals surface area contributed by atoms with E-state index in [-0.39, 0.29) is 0 Å². The van der Waals surface area contributed by atoms with Crippen LogP contribution in [0, 0.1) is 64.1 Å². The number of hydrogen-bond acceptors (Lipinski definition) is 1. The van der Waals surface area contributed by atoms with Crippen molar-refractivity contribution >= 4 is 0 Å². The molecule has 0 aromatic heterocycles. The van der Waals surface area contributed by atoms with Crippen LogP contribution in [0.15, 0.2) is 0 Å². The fraction of sp³-hybridized carbons (Fsp3) is 1.00. The van der Waals surface area contributed by atoms with Crippen molar-refractivity contribution in [2.24, 2.45) is 64.1 Å². The molecule has 0 aromatic rings. The van der Waals surface area contributed by atoms with Crippen molar-refractivity contribution in [3.8, 4) is 0 Å². The predicted molar refractivity (Wildman–Crippen MR) is 156 cm³/mol. The van der Waals surface area contributed by atoms with E-state index in [9.17, 15) is 0 Å². The molecule has 208 valence electrons. The van der Waals surface area contributed by atoms with E-state index < -0.39 is 0 Å². The minimum atomic E-state index is 0.513. The topological polar surface area (TPSA) is 12.0 Å². The van der Waals surface area contributed by atoms with Gasteiger partial charge >= 0.3 is 0 Å². The number of hydrogen-bond donors (Lipinski definition) is 1.